The summed E-state index contributed by atoms with van der Waals surface area (Å²) < 4.78 is 18.9. The number of nitrogens with zero attached hydrogens (tertiary/aromatic N) is 2. The van der Waals surface area contributed by atoms with Crippen LogP contribution < -0.4 is 15.4 Å². The number of urea groups is 1. The van der Waals surface area contributed by atoms with E-state index in [0.717, 1.165) is 11.3 Å². The van der Waals surface area contributed by atoms with Crippen LogP contribution in [0.2, 0.25) is 0 Å². The molecular formula is C20H19FN4O2. The van der Waals surface area contributed by atoms with Gasteiger partial charge in [-0.3, -0.25) is 0 Å². The van der Waals surface area contributed by atoms with Crippen molar-refractivity contribution in [2.45, 2.75) is 6.92 Å². The Morgan fingerprint density at radius 1 is 1.07 bits per heavy atom. The summed E-state index contributed by atoms with van der Waals surface area (Å²) in [4.78, 5) is 11.8. The van der Waals surface area contributed by atoms with Crippen molar-refractivity contribution in [1.82, 2.24) is 15.5 Å². The van der Waals surface area contributed by atoms with Gasteiger partial charge in [-0.25, -0.2) is 9.18 Å². The smallest absolute Gasteiger partial charge is 0.319 e. The Balaban J connectivity index is 1.42. The van der Waals surface area contributed by atoms with Crippen LogP contribution in [0.1, 0.15) is 5.56 Å². The van der Waals surface area contributed by atoms with Gasteiger partial charge in [0.2, 0.25) is 5.88 Å². The van der Waals surface area contributed by atoms with Crippen molar-refractivity contribution in [3.05, 3.63) is 72.0 Å². The minimum Gasteiger partial charge on any atom is -0.475 e. The number of anilines is 1. The molecule has 0 saturated carbocycles. The number of carbonyl (C=O) groups excluding carboxylic acids is 1. The van der Waals surface area contributed by atoms with Gasteiger partial charge in [0.15, 0.2) is 0 Å². The highest BCUT2D eigenvalue weighted by Gasteiger charge is 2.05. The molecule has 1 aromatic heterocycles. The van der Waals surface area contributed by atoms with Crippen LogP contribution in [0.4, 0.5) is 14.9 Å². The molecule has 0 spiro atoms. The third-order valence-corrected chi connectivity index (χ3v) is 3.78. The van der Waals surface area contributed by atoms with E-state index in [1.165, 1.54) is 6.07 Å². The lowest BCUT2D eigenvalue weighted by molar-refractivity contribution is 0.246. The number of carbonyl (C=O) groups is 1. The molecule has 7 heteroatoms. The van der Waals surface area contributed by atoms with Crippen LogP contribution >= 0.6 is 0 Å². The van der Waals surface area contributed by atoms with Crippen molar-refractivity contribution in [2.75, 3.05) is 18.5 Å². The third kappa shape index (κ3) is 5.24. The van der Waals surface area contributed by atoms with E-state index in [9.17, 15) is 9.18 Å². The van der Waals surface area contributed by atoms with E-state index in [2.05, 4.69) is 20.8 Å². The normalized spacial score (nSPS) is 10.3. The molecule has 138 valence electrons. The molecule has 2 aromatic carbocycles. The lowest BCUT2D eigenvalue weighted by Crippen LogP contribution is -2.32. The molecule has 0 atom stereocenters. The molecular weight excluding hydrogens is 347 g/mol. The number of rotatable bonds is 6. The predicted molar refractivity (Wildman–Crippen MR) is 101 cm³/mol. The first-order valence-corrected chi connectivity index (χ1v) is 8.45. The number of amides is 2. The monoisotopic (exact) mass is 366 g/mol. The first-order valence-electron chi connectivity index (χ1n) is 8.45. The largest absolute Gasteiger partial charge is 0.475 e. The summed E-state index contributed by atoms with van der Waals surface area (Å²) in [5.41, 5.74) is 2.64. The van der Waals surface area contributed by atoms with E-state index in [1.807, 2.05) is 36.4 Å². The molecule has 0 saturated heterocycles. The summed E-state index contributed by atoms with van der Waals surface area (Å²) in [6.07, 6.45) is 0. The molecule has 0 aliphatic rings. The maximum Gasteiger partial charge on any atom is 0.319 e. The van der Waals surface area contributed by atoms with Gasteiger partial charge in [0, 0.05) is 17.3 Å². The quantitative estimate of drug-likeness (QED) is 0.651. The van der Waals surface area contributed by atoms with Crippen LogP contribution in [0.15, 0.2) is 60.7 Å². The molecule has 0 radical (unpaired) electrons. The van der Waals surface area contributed by atoms with Gasteiger partial charge >= 0.3 is 6.03 Å². The number of hydrogen-bond donors (Lipinski definition) is 2. The van der Waals surface area contributed by atoms with Gasteiger partial charge in [-0.05, 0) is 30.7 Å². The van der Waals surface area contributed by atoms with Crippen molar-refractivity contribution in [3.63, 3.8) is 0 Å². The van der Waals surface area contributed by atoms with E-state index in [0.29, 0.717) is 17.1 Å². The molecule has 0 unspecified atom stereocenters. The van der Waals surface area contributed by atoms with E-state index >= 15 is 0 Å². The minimum atomic E-state index is -0.438. The summed E-state index contributed by atoms with van der Waals surface area (Å²) in [5.74, 6) is 0.00570. The highest BCUT2D eigenvalue weighted by atomic mass is 19.1. The number of halogens is 1. The van der Waals surface area contributed by atoms with Gasteiger partial charge in [0.25, 0.3) is 0 Å². The molecule has 0 aliphatic carbocycles. The lowest BCUT2D eigenvalue weighted by atomic mass is 10.1. The topological polar surface area (TPSA) is 76.1 Å². The summed E-state index contributed by atoms with van der Waals surface area (Å²) in [6.45, 7) is 2.16. The second kappa shape index (κ2) is 8.75. The zero-order chi connectivity index (χ0) is 19.1. The Kier molecular flexibility index (Phi) is 5.94. The number of nitrogens with one attached hydrogen (secondary N) is 2. The fourth-order valence-corrected chi connectivity index (χ4v) is 2.33. The molecule has 6 nitrogen and oxygen atoms in total. The first-order chi connectivity index (χ1) is 13.1. The zero-order valence-electron chi connectivity index (χ0n) is 14.8. The summed E-state index contributed by atoms with van der Waals surface area (Å²) in [6, 6.07) is 17.3. The lowest BCUT2D eigenvalue weighted by Gasteiger charge is -2.09. The van der Waals surface area contributed by atoms with Crippen molar-refractivity contribution >= 4 is 11.7 Å². The molecule has 0 aliphatic heterocycles. The van der Waals surface area contributed by atoms with E-state index < -0.39 is 6.03 Å². The Morgan fingerprint density at radius 2 is 1.89 bits per heavy atom. The second-order valence-corrected chi connectivity index (χ2v) is 5.82. The van der Waals surface area contributed by atoms with Crippen LogP contribution in [-0.4, -0.2) is 29.4 Å². The van der Waals surface area contributed by atoms with Crippen molar-refractivity contribution in [2.24, 2.45) is 0 Å². The maximum atomic E-state index is 13.5. The molecule has 2 amide bonds. The Bertz CT molecular complexity index is 902. The molecule has 3 rings (SSSR count). The molecule has 1 heterocycles. The van der Waals surface area contributed by atoms with Gasteiger partial charge in [-0.15, -0.1) is 10.2 Å². The standard InChI is InChI=1S/C20H19FN4O2/c1-14-7-8-16(13-17(14)21)23-20(26)22-11-12-27-19-10-9-18(24-25-19)15-5-3-2-4-6-15/h2-10,13H,11-12H2,1H3,(H2,22,23,26). The van der Waals surface area contributed by atoms with Gasteiger partial charge in [-0.2, -0.15) is 0 Å². The van der Waals surface area contributed by atoms with Crippen LogP contribution in [0, 0.1) is 12.7 Å². The summed E-state index contributed by atoms with van der Waals surface area (Å²) >= 11 is 0. The first kappa shape index (κ1) is 18.3. The molecule has 0 fully saturated rings. The average molecular weight is 366 g/mol. The number of ether oxygens (including phenoxy) is 1. The average Bonchev–Trinajstić information content (AvgIpc) is 2.69. The van der Waals surface area contributed by atoms with E-state index in [4.69, 9.17) is 4.74 Å². The van der Waals surface area contributed by atoms with E-state index in [-0.39, 0.29) is 19.0 Å². The third-order valence-electron chi connectivity index (χ3n) is 3.78. The number of aryl methyl sites for hydroxylation is 1. The second-order valence-electron chi connectivity index (χ2n) is 5.82. The van der Waals surface area contributed by atoms with Crippen molar-refractivity contribution in [1.29, 1.82) is 0 Å². The number of hydrogen-bond acceptors (Lipinski definition) is 4. The van der Waals surface area contributed by atoms with Gasteiger partial charge < -0.3 is 15.4 Å². The number of benzene rings is 2. The fourth-order valence-electron chi connectivity index (χ4n) is 2.33. The minimum absolute atomic E-state index is 0.231. The molecule has 3 aromatic rings. The summed E-state index contributed by atoms with van der Waals surface area (Å²) in [7, 11) is 0. The summed E-state index contributed by atoms with van der Waals surface area (Å²) in [5, 5.41) is 13.3. The van der Waals surface area contributed by atoms with Crippen LogP contribution in [0.5, 0.6) is 5.88 Å². The highest BCUT2D eigenvalue weighted by Crippen LogP contribution is 2.17. The van der Waals surface area contributed by atoms with Crippen molar-refractivity contribution in [3.8, 4) is 17.1 Å². The number of aromatic nitrogens is 2. The molecule has 2 N–H and O–H groups in total. The SMILES string of the molecule is Cc1ccc(NC(=O)NCCOc2ccc(-c3ccccc3)nn2)cc1F. The Hall–Kier alpha value is -3.48. The van der Waals surface area contributed by atoms with Crippen molar-refractivity contribution < 1.29 is 13.9 Å². The van der Waals surface area contributed by atoms with Crippen LogP contribution in [0.25, 0.3) is 11.3 Å². The maximum absolute atomic E-state index is 13.5. The van der Waals surface area contributed by atoms with Crippen LogP contribution in [-0.2, 0) is 0 Å². The zero-order valence-corrected chi connectivity index (χ0v) is 14.8. The predicted octanol–water partition coefficient (Wildman–Crippen LogP) is 3.79. The Morgan fingerprint density at radius 3 is 2.59 bits per heavy atom. The van der Waals surface area contributed by atoms with Gasteiger partial charge in [0.05, 0.1) is 12.2 Å². The van der Waals surface area contributed by atoms with Gasteiger partial charge in [0.1, 0.15) is 12.4 Å². The molecule has 0 bridgehead atoms. The van der Waals surface area contributed by atoms with Crippen LogP contribution in [0.3, 0.4) is 0 Å². The van der Waals surface area contributed by atoms with Gasteiger partial charge in [-0.1, -0.05) is 36.4 Å². The van der Waals surface area contributed by atoms with E-state index in [1.54, 1.807) is 25.1 Å². The highest BCUT2D eigenvalue weighted by molar-refractivity contribution is 5.89. The Labute approximate surface area is 156 Å². The fraction of sp³-hybridized carbons (Fsp3) is 0.150. The molecule has 27 heavy (non-hydrogen) atoms.